The van der Waals surface area contributed by atoms with Crippen molar-refractivity contribution in [2.75, 3.05) is 26.9 Å². The lowest BCUT2D eigenvalue weighted by atomic mass is 9.98. The number of methoxy groups -OCH3 is 1. The van der Waals surface area contributed by atoms with E-state index in [9.17, 15) is 5.11 Å². The third-order valence-electron chi connectivity index (χ3n) is 7.26. The summed E-state index contributed by atoms with van der Waals surface area (Å²) in [5, 5.41) is 11.5. The number of benzene rings is 3. The van der Waals surface area contributed by atoms with Gasteiger partial charge in [0.25, 0.3) is 0 Å². The van der Waals surface area contributed by atoms with Gasteiger partial charge in [0.1, 0.15) is 24.4 Å². The summed E-state index contributed by atoms with van der Waals surface area (Å²) in [5.74, 6) is 0. The van der Waals surface area contributed by atoms with Crippen LogP contribution in [0.4, 0.5) is 0 Å². The minimum atomic E-state index is -1.04. The molecular formula is C36H46O7. The number of hydrogen-bond donors (Lipinski definition) is 1. The molecule has 5 atom stereocenters. The molecule has 0 saturated carbocycles. The van der Waals surface area contributed by atoms with Crippen LogP contribution >= 0.6 is 0 Å². The SMILES string of the molecule is COCCCC=CCCCO[C@H]1OC(COCc2ccccc2)[C@@H](OCc2ccccc2)[C@H](OCc2ccccc2)C1O. The second-order valence-corrected chi connectivity index (χ2v) is 10.7. The van der Waals surface area contributed by atoms with Gasteiger partial charge in [-0.05, 0) is 42.4 Å². The maximum atomic E-state index is 11.5. The Morgan fingerprint density at radius 2 is 1.16 bits per heavy atom. The number of aliphatic hydroxyl groups is 1. The van der Waals surface area contributed by atoms with E-state index in [-0.39, 0.29) is 6.61 Å². The molecule has 4 rings (SSSR count). The molecule has 2 unspecified atom stereocenters. The normalized spacial score (nSPS) is 22.2. The van der Waals surface area contributed by atoms with Gasteiger partial charge in [0.15, 0.2) is 6.29 Å². The van der Waals surface area contributed by atoms with Crippen molar-refractivity contribution < 1.29 is 33.5 Å². The molecule has 3 aromatic carbocycles. The standard InChI is InChI=1S/C36H46O7/c1-38-23-15-4-2-3-5-16-24-40-36-33(37)35(42-27-31-21-13-8-14-22-31)34(41-26-30-19-11-7-12-20-30)32(43-36)28-39-25-29-17-9-6-10-18-29/h2-3,6-14,17-22,32-37H,4-5,15-16,23-28H2,1H3/t32?,33?,34-,35-,36+/m1/s1. The predicted octanol–water partition coefficient (Wildman–Crippen LogP) is 6.24. The number of aliphatic hydroxyl groups excluding tert-OH is 1. The molecular weight excluding hydrogens is 544 g/mol. The summed E-state index contributed by atoms with van der Waals surface area (Å²) in [5.41, 5.74) is 3.10. The summed E-state index contributed by atoms with van der Waals surface area (Å²) >= 11 is 0. The topological polar surface area (TPSA) is 75.6 Å². The molecule has 0 aromatic heterocycles. The number of hydrogen-bond acceptors (Lipinski definition) is 7. The van der Waals surface area contributed by atoms with Gasteiger partial charge in [-0.3, -0.25) is 0 Å². The second kappa shape index (κ2) is 19.4. The zero-order chi connectivity index (χ0) is 30.0. The van der Waals surface area contributed by atoms with Crippen LogP contribution in [0.3, 0.4) is 0 Å². The fourth-order valence-corrected chi connectivity index (χ4v) is 4.94. The molecule has 1 fully saturated rings. The number of ether oxygens (including phenoxy) is 6. The third-order valence-corrected chi connectivity index (χ3v) is 7.26. The van der Waals surface area contributed by atoms with Crippen LogP contribution in [0.15, 0.2) is 103 Å². The molecule has 0 bridgehead atoms. The summed E-state index contributed by atoms with van der Waals surface area (Å²) < 4.78 is 36.5. The quantitative estimate of drug-likeness (QED) is 0.131. The van der Waals surface area contributed by atoms with E-state index in [0.29, 0.717) is 26.4 Å². The van der Waals surface area contributed by atoms with Crippen molar-refractivity contribution in [3.8, 4) is 0 Å². The van der Waals surface area contributed by atoms with Crippen LogP contribution in [0.5, 0.6) is 0 Å². The van der Waals surface area contributed by atoms with Crippen molar-refractivity contribution in [2.45, 2.75) is 76.2 Å². The lowest BCUT2D eigenvalue weighted by Crippen LogP contribution is -2.61. The summed E-state index contributed by atoms with van der Waals surface area (Å²) in [6.45, 7) is 2.59. The smallest absolute Gasteiger partial charge is 0.186 e. The van der Waals surface area contributed by atoms with Crippen molar-refractivity contribution >= 4 is 0 Å². The second-order valence-electron chi connectivity index (χ2n) is 10.7. The van der Waals surface area contributed by atoms with E-state index in [1.165, 1.54) is 0 Å². The Kier molecular flexibility index (Phi) is 14.9. The van der Waals surface area contributed by atoms with Gasteiger partial charge in [0.05, 0.1) is 33.0 Å². The average molecular weight is 591 g/mol. The van der Waals surface area contributed by atoms with E-state index in [4.69, 9.17) is 28.4 Å². The van der Waals surface area contributed by atoms with Gasteiger partial charge in [-0.2, -0.15) is 0 Å². The van der Waals surface area contributed by atoms with Crippen LogP contribution in [0.1, 0.15) is 42.4 Å². The van der Waals surface area contributed by atoms with Gasteiger partial charge in [-0.25, -0.2) is 0 Å². The molecule has 1 N–H and O–H groups in total. The Labute approximate surface area is 256 Å². The Balaban J connectivity index is 1.43. The first kappa shape index (κ1) is 33.0. The van der Waals surface area contributed by atoms with E-state index in [1.807, 2.05) is 91.0 Å². The molecule has 7 nitrogen and oxygen atoms in total. The molecule has 0 amide bonds. The maximum Gasteiger partial charge on any atom is 0.186 e. The van der Waals surface area contributed by atoms with Gasteiger partial charge >= 0.3 is 0 Å². The summed E-state index contributed by atoms with van der Waals surface area (Å²) in [6.07, 6.45) is 4.35. The fraction of sp³-hybridized carbons (Fsp3) is 0.444. The van der Waals surface area contributed by atoms with Gasteiger partial charge in [0, 0.05) is 13.7 Å². The first-order valence-corrected chi connectivity index (χ1v) is 15.3. The molecule has 0 aliphatic carbocycles. The van der Waals surface area contributed by atoms with Crippen LogP contribution < -0.4 is 0 Å². The molecule has 1 aliphatic heterocycles. The van der Waals surface area contributed by atoms with Crippen LogP contribution in [0, 0.1) is 0 Å². The predicted molar refractivity (Wildman–Crippen MR) is 166 cm³/mol. The maximum absolute atomic E-state index is 11.5. The number of allylic oxidation sites excluding steroid dienone is 2. The van der Waals surface area contributed by atoms with Crippen LogP contribution in [-0.4, -0.2) is 62.7 Å². The molecule has 43 heavy (non-hydrogen) atoms. The van der Waals surface area contributed by atoms with Crippen LogP contribution in [0.25, 0.3) is 0 Å². The molecule has 0 radical (unpaired) electrons. The van der Waals surface area contributed by atoms with Crippen molar-refractivity contribution in [3.63, 3.8) is 0 Å². The first-order valence-electron chi connectivity index (χ1n) is 15.3. The zero-order valence-electron chi connectivity index (χ0n) is 25.2. The van der Waals surface area contributed by atoms with Crippen molar-refractivity contribution in [1.82, 2.24) is 0 Å². The largest absolute Gasteiger partial charge is 0.385 e. The van der Waals surface area contributed by atoms with E-state index in [1.54, 1.807) is 7.11 Å². The highest BCUT2D eigenvalue weighted by Gasteiger charge is 2.47. The van der Waals surface area contributed by atoms with Gasteiger partial charge < -0.3 is 33.5 Å². The van der Waals surface area contributed by atoms with Crippen molar-refractivity contribution in [1.29, 1.82) is 0 Å². The summed E-state index contributed by atoms with van der Waals surface area (Å²) in [7, 11) is 1.72. The highest BCUT2D eigenvalue weighted by atomic mass is 16.7. The Morgan fingerprint density at radius 3 is 1.72 bits per heavy atom. The van der Waals surface area contributed by atoms with Crippen LogP contribution in [-0.2, 0) is 48.2 Å². The lowest BCUT2D eigenvalue weighted by Gasteiger charge is -2.44. The third kappa shape index (κ3) is 11.6. The van der Waals surface area contributed by atoms with E-state index >= 15 is 0 Å². The Bertz CT molecular complexity index is 1140. The zero-order valence-corrected chi connectivity index (χ0v) is 25.2. The summed E-state index contributed by atoms with van der Waals surface area (Å²) in [6, 6.07) is 29.9. The minimum Gasteiger partial charge on any atom is -0.385 e. The molecule has 7 heteroatoms. The number of rotatable bonds is 19. The van der Waals surface area contributed by atoms with Crippen LogP contribution in [0.2, 0.25) is 0 Å². The summed E-state index contributed by atoms with van der Waals surface area (Å²) in [4.78, 5) is 0. The monoisotopic (exact) mass is 590 g/mol. The van der Waals surface area contributed by atoms with Gasteiger partial charge in [-0.1, -0.05) is 103 Å². The Morgan fingerprint density at radius 1 is 0.651 bits per heavy atom. The van der Waals surface area contributed by atoms with Crippen molar-refractivity contribution in [3.05, 3.63) is 120 Å². The fourth-order valence-electron chi connectivity index (χ4n) is 4.94. The Hall–Kier alpha value is -2.88. The molecule has 232 valence electrons. The van der Waals surface area contributed by atoms with Gasteiger partial charge in [-0.15, -0.1) is 0 Å². The van der Waals surface area contributed by atoms with E-state index in [2.05, 4.69) is 12.2 Å². The molecule has 1 aliphatic rings. The number of unbranched alkanes of at least 4 members (excludes halogenated alkanes) is 2. The lowest BCUT2D eigenvalue weighted by molar-refractivity contribution is -0.319. The van der Waals surface area contributed by atoms with Crippen molar-refractivity contribution in [2.24, 2.45) is 0 Å². The minimum absolute atomic E-state index is 0.260. The molecule has 3 aromatic rings. The average Bonchev–Trinajstić information content (AvgIpc) is 3.05. The van der Waals surface area contributed by atoms with E-state index in [0.717, 1.165) is 49.0 Å². The molecule has 0 spiro atoms. The van der Waals surface area contributed by atoms with Gasteiger partial charge in [0.2, 0.25) is 0 Å². The highest BCUT2D eigenvalue weighted by Crippen LogP contribution is 2.29. The highest BCUT2D eigenvalue weighted by molar-refractivity contribution is 5.15. The molecule has 1 heterocycles. The molecule has 1 saturated heterocycles. The van der Waals surface area contributed by atoms with E-state index < -0.39 is 30.7 Å². The first-order chi connectivity index (χ1) is 21.2.